The van der Waals surface area contributed by atoms with E-state index in [1.807, 2.05) is 0 Å². The number of ketones is 2. The fourth-order valence-corrected chi connectivity index (χ4v) is 2.18. The lowest BCUT2D eigenvalue weighted by atomic mass is 9.83. The molecule has 2 bridgehead atoms. The third kappa shape index (κ3) is 0.669. The number of allylic oxidation sites excluding steroid dienone is 1. The van der Waals surface area contributed by atoms with Gasteiger partial charge in [-0.25, -0.2) is 0 Å². The van der Waals surface area contributed by atoms with Crippen LogP contribution in [-0.4, -0.2) is 11.6 Å². The molecule has 2 nitrogen and oxygen atoms in total. The molecular formula is C9H10O2. The van der Waals surface area contributed by atoms with Crippen LogP contribution in [0.15, 0.2) is 12.7 Å². The quantitative estimate of drug-likeness (QED) is 0.525. The average molecular weight is 150 g/mol. The van der Waals surface area contributed by atoms with Gasteiger partial charge in [0.25, 0.3) is 0 Å². The largest absolute Gasteiger partial charge is 0.299 e. The van der Waals surface area contributed by atoms with E-state index in [1.54, 1.807) is 6.08 Å². The first kappa shape index (κ1) is 6.77. The Bertz CT molecular complexity index is 254. The fourth-order valence-electron chi connectivity index (χ4n) is 2.18. The van der Waals surface area contributed by atoms with E-state index in [0.29, 0.717) is 12.8 Å². The van der Waals surface area contributed by atoms with Gasteiger partial charge in [0, 0.05) is 18.8 Å². The predicted molar refractivity (Wildman–Crippen MR) is 40.0 cm³/mol. The molecule has 0 saturated heterocycles. The average Bonchev–Trinajstić information content (AvgIpc) is 2.43. The van der Waals surface area contributed by atoms with Crippen LogP contribution in [0.5, 0.6) is 0 Å². The summed E-state index contributed by atoms with van der Waals surface area (Å²) in [5.41, 5.74) is -0.443. The summed E-state index contributed by atoms with van der Waals surface area (Å²) >= 11 is 0. The molecule has 2 heteroatoms. The van der Waals surface area contributed by atoms with Gasteiger partial charge in [-0.15, -0.1) is 6.58 Å². The van der Waals surface area contributed by atoms with Crippen LogP contribution < -0.4 is 0 Å². The highest BCUT2D eigenvalue weighted by Gasteiger charge is 2.54. The summed E-state index contributed by atoms with van der Waals surface area (Å²) in [6.45, 7) is 3.62. The van der Waals surface area contributed by atoms with Crippen molar-refractivity contribution in [2.24, 2.45) is 11.3 Å². The molecule has 0 radical (unpaired) electrons. The van der Waals surface area contributed by atoms with Crippen LogP contribution in [0.3, 0.4) is 0 Å². The van der Waals surface area contributed by atoms with Crippen molar-refractivity contribution in [3.63, 3.8) is 0 Å². The maximum absolute atomic E-state index is 11.3. The first-order chi connectivity index (χ1) is 5.18. The summed E-state index contributed by atoms with van der Waals surface area (Å²) in [7, 11) is 0. The van der Waals surface area contributed by atoms with E-state index in [-0.39, 0.29) is 17.5 Å². The molecule has 0 aromatic carbocycles. The molecule has 2 atom stereocenters. The lowest BCUT2D eigenvalue weighted by Gasteiger charge is -2.18. The summed E-state index contributed by atoms with van der Waals surface area (Å²) in [6.07, 6.45) is 3.28. The summed E-state index contributed by atoms with van der Waals surface area (Å²) in [6, 6.07) is 0. The minimum Gasteiger partial charge on any atom is -0.299 e. The highest BCUT2D eigenvalue weighted by Crippen LogP contribution is 2.50. The molecule has 2 unspecified atom stereocenters. The second-order valence-corrected chi connectivity index (χ2v) is 3.53. The Labute approximate surface area is 65.3 Å². The summed E-state index contributed by atoms with van der Waals surface area (Å²) in [4.78, 5) is 22.5. The third-order valence-electron chi connectivity index (χ3n) is 2.93. The van der Waals surface area contributed by atoms with Gasteiger partial charge in [0.15, 0.2) is 0 Å². The second kappa shape index (κ2) is 1.81. The Morgan fingerprint density at radius 2 is 2.27 bits per heavy atom. The van der Waals surface area contributed by atoms with Gasteiger partial charge in [0.2, 0.25) is 0 Å². The zero-order valence-corrected chi connectivity index (χ0v) is 6.30. The summed E-state index contributed by atoms with van der Waals surface area (Å²) in [5.74, 6) is 0.502. The van der Waals surface area contributed by atoms with Gasteiger partial charge in [-0.3, -0.25) is 9.59 Å². The zero-order chi connectivity index (χ0) is 8.06. The molecule has 0 N–H and O–H groups in total. The van der Waals surface area contributed by atoms with Crippen LogP contribution in [0.25, 0.3) is 0 Å². The smallest absolute Gasteiger partial charge is 0.143 e. The van der Waals surface area contributed by atoms with Gasteiger partial charge >= 0.3 is 0 Å². The van der Waals surface area contributed by atoms with Crippen molar-refractivity contribution in [3.05, 3.63) is 12.7 Å². The van der Waals surface area contributed by atoms with Crippen molar-refractivity contribution in [1.82, 2.24) is 0 Å². The van der Waals surface area contributed by atoms with Crippen molar-refractivity contribution in [1.29, 1.82) is 0 Å². The number of rotatable bonds is 1. The molecule has 0 aromatic rings. The third-order valence-corrected chi connectivity index (χ3v) is 2.93. The second-order valence-electron chi connectivity index (χ2n) is 3.53. The SMILES string of the molecule is C=CC12CC(=O)C(CC1=O)C2. The number of Topliss-reactive ketones (excluding diaryl/α,β-unsaturated/α-hetero) is 2. The van der Waals surface area contributed by atoms with Crippen LogP contribution in [0, 0.1) is 11.3 Å². The number of hydrogen-bond donors (Lipinski definition) is 0. The van der Waals surface area contributed by atoms with E-state index >= 15 is 0 Å². The zero-order valence-electron chi connectivity index (χ0n) is 6.30. The normalized spacial score (nSPS) is 41.6. The van der Waals surface area contributed by atoms with Crippen LogP contribution >= 0.6 is 0 Å². The molecule has 2 fully saturated rings. The van der Waals surface area contributed by atoms with E-state index in [0.717, 1.165) is 6.42 Å². The van der Waals surface area contributed by atoms with Gasteiger partial charge < -0.3 is 0 Å². The topological polar surface area (TPSA) is 34.1 Å². The van der Waals surface area contributed by atoms with Crippen molar-refractivity contribution < 1.29 is 9.59 Å². The van der Waals surface area contributed by atoms with Crippen molar-refractivity contribution in [2.45, 2.75) is 19.3 Å². The molecule has 0 spiro atoms. The van der Waals surface area contributed by atoms with E-state index in [2.05, 4.69) is 6.58 Å². The minimum atomic E-state index is -0.443. The van der Waals surface area contributed by atoms with Gasteiger partial charge in [0.1, 0.15) is 11.6 Å². The highest BCUT2D eigenvalue weighted by atomic mass is 16.1. The molecule has 58 valence electrons. The Morgan fingerprint density at radius 1 is 1.55 bits per heavy atom. The van der Waals surface area contributed by atoms with E-state index in [1.165, 1.54) is 0 Å². The molecule has 0 amide bonds. The van der Waals surface area contributed by atoms with Crippen molar-refractivity contribution in [2.75, 3.05) is 0 Å². The molecule has 2 aliphatic rings. The predicted octanol–water partition coefficient (Wildman–Crippen LogP) is 1.11. The molecule has 0 heterocycles. The Balaban J connectivity index is 2.41. The molecule has 2 saturated carbocycles. The number of carbonyl (C=O) groups is 2. The number of fused-ring (bicyclic) bond motifs is 2. The fraction of sp³-hybridized carbons (Fsp3) is 0.556. The molecular weight excluding hydrogens is 140 g/mol. The van der Waals surface area contributed by atoms with E-state index in [9.17, 15) is 9.59 Å². The molecule has 0 aromatic heterocycles. The van der Waals surface area contributed by atoms with E-state index in [4.69, 9.17) is 0 Å². The Kier molecular flexibility index (Phi) is 1.12. The highest BCUT2D eigenvalue weighted by molar-refractivity contribution is 6.03. The Hall–Kier alpha value is -0.920. The van der Waals surface area contributed by atoms with Crippen LogP contribution in [-0.2, 0) is 9.59 Å². The maximum atomic E-state index is 11.3. The van der Waals surface area contributed by atoms with Gasteiger partial charge in [0.05, 0.1) is 5.41 Å². The summed E-state index contributed by atoms with van der Waals surface area (Å²) in [5, 5.41) is 0. The van der Waals surface area contributed by atoms with E-state index < -0.39 is 5.41 Å². The molecule has 0 aliphatic heterocycles. The minimum absolute atomic E-state index is 0.0282. The lowest BCUT2D eigenvalue weighted by molar-refractivity contribution is -0.132. The molecule has 2 rings (SSSR count). The molecule has 11 heavy (non-hydrogen) atoms. The van der Waals surface area contributed by atoms with Crippen LogP contribution in [0.1, 0.15) is 19.3 Å². The van der Waals surface area contributed by atoms with Crippen molar-refractivity contribution >= 4 is 11.6 Å². The molecule has 2 aliphatic carbocycles. The number of hydrogen-bond acceptors (Lipinski definition) is 2. The monoisotopic (exact) mass is 150 g/mol. The Morgan fingerprint density at radius 3 is 2.64 bits per heavy atom. The standard InChI is InChI=1S/C9H10O2/c1-2-9-4-6(3-8(9)11)7(10)5-9/h2,6H,1,3-5H2. The first-order valence-electron chi connectivity index (χ1n) is 3.87. The lowest BCUT2D eigenvalue weighted by Crippen LogP contribution is -2.26. The van der Waals surface area contributed by atoms with Gasteiger partial charge in [-0.1, -0.05) is 6.08 Å². The van der Waals surface area contributed by atoms with Crippen LogP contribution in [0.2, 0.25) is 0 Å². The van der Waals surface area contributed by atoms with Gasteiger partial charge in [-0.05, 0) is 6.42 Å². The van der Waals surface area contributed by atoms with Gasteiger partial charge in [-0.2, -0.15) is 0 Å². The van der Waals surface area contributed by atoms with Crippen molar-refractivity contribution in [3.8, 4) is 0 Å². The van der Waals surface area contributed by atoms with Crippen LogP contribution in [0.4, 0.5) is 0 Å². The first-order valence-corrected chi connectivity index (χ1v) is 3.87. The maximum Gasteiger partial charge on any atom is 0.143 e. The number of carbonyl (C=O) groups excluding carboxylic acids is 2. The summed E-state index contributed by atoms with van der Waals surface area (Å²) < 4.78 is 0.